The van der Waals surface area contributed by atoms with Crippen LogP contribution >= 0.6 is 0 Å². The van der Waals surface area contributed by atoms with Crippen LogP contribution < -0.4 is 19.1 Å². The zero-order valence-electron chi connectivity index (χ0n) is 18.4. The SMILES string of the molecule is COc1ccc(OC)c([C@H](C)NC(=O)c2cccc(S(=O)(=O)N(C)c3ccccc3)c2)c1. The number of carbonyl (C=O) groups is 1. The molecule has 7 nitrogen and oxygen atoms in total. The molecule has 3 aromatic rings. The van der Waals surface area contributed by atoms with Crippen molar-refractivity contribution in [1.29, 1.82) is 0 Å². The van der Waals surface area contributed by atoms with E-state index in [4.69, 9.17) is 9.47 Å². The van der Waals surface area contributed by atoms with Crippen LogP contribution in [-0.2, 0) is 10.0 Å². The summed E-state index contributed by atoms with van der Waals surface area (Å²) in [4.78, 5) is 12.9. The van der Waals surface area contributed by atoms with Gasteiger partial charge in [-0.15, -0.1) is 0 Å². The lowest BCUT2D eigenvalue weighted by Gasteiger charge is -2.20. The number of carbonyl (C=O) groups excluding carboxylic acids is 1. The van der Waals surface area contributed by atoms with Crippen LogP contribution in [0.15, 0.2) is 77.7 Å². The first kappa shape index (κ1) is 23.1. The summed E-state index contributed by atoms with van der Waals surface area (Å²) in [6, 6.07) is 19.7. The van der Waals surface area contributed by atoms with Crippen LogP contribution in [0.5, 0.6) is 11.5 Å². The molecule has 1 amide bonds. The monoisotopic (exact) mass is 454 g/mol. The van der Waals surface area contributed by atoms with E-state index >= 15 is 0 Å². The second kappa shape index (κ2) is 9.74. The molecule has 0 aromatic heterocycles. The molecule has 0 aliphatic rings. The normalized spacial score (nSPS) is 12.0. The number of rotatable bonds is 8. The molecule has 168 valence electrons. The standard InChI is InChI=1S/C24H26N2O5S/c1-17(22-16-20(30-3)13-14-23(22)31-4)25-24(27)18-9-8-12-21(15-18)32(28,29)26(2)19-10-6-5-7-11-19/h5-17H,1-4H3,(H,25,27)/t17-/m0/s1. The van der Waals surface area contributed by atoms with Crippen molar-refractivity contribution < 1.29 is 22.7 Å². The lowest BCUT2D eigenvalue weighted by molar-refractivity contribution is 0.0939. The number of hydrogen-bond acceptors (Lipinski definition) is 5. The molecular formula is C24H26N2O5S. The molecule has 0 spiro atoms. The van der Waals surface area contributed by atoms with E-state index in [2.05, 4.69) is 5.32 Å². The average molecular weight is 455 g/mol. The molecule has 0 unspecified atom stereocenters. The van der Waals surface area contributed by atoms with Gasteiger partial charge in [-0.25, -0.2) is 8.42 Å². The fourth-order valence-corrected chi connectivity index (χ4v) is 4.51. The van der Waals surface area contributed by atoms with Gasteiger partial charge in [0.2, 0.25) is 0 Å². The Morgan fingerprint density at radius 3 is 2.31 bits per heavy atom. The van der Waals surface area contributed by atoms with Gasteiger partial charge < -0.3 is 14.8 Å². The fourth-order valence-electron chi connectivity index (χ4n) is 3.27. The topological polar surface area (TPSA) is 84.9 Å². The summed E-state index contributed by atoms with van der Waals surface area (Å²) in [6.45, 7) is 1.82. The van der Waals surface area contributed by atoms with Crippen molar-refractivity contribution in [3.05, 3.63) is 83.9 Å². The highest BCUT2D eigenvalue weighted by Crippen LogP contribution is 2.29. The molecule has 0 aliphatic carbocycles. The Morgan fingerprint density at radius 2 is 1.66 bits per heavy atom. The van der Waals surface area contributed by atoms with Gasteiger partial charge in [0.05, 0.1) is 30.8 Å². The number of ether oxygens (including phenoxy) is 2. The van der Waals surface area contributed by atoms with Crippen LogP contribution in [0, 0.1) is 0 Å². The van der Waals surface area contributed by atoms with Crippen molar-refractivity contribution in [2.75, 3.05) is 25.6 Å². The van der Waals surface area contributed by atoms with Gasteiger partial charge in [-0.3, -0.25) is 9.10 Å². The molecule has 0 fully saturated rings. The van der Waals surface area contributed by atoms with Gasteiger partial charge in [-0.1, -0.05) is 24.3 Å². The molecule has 3 rings (SSSR count). The van der Waals surface area contributed by atoms with Crippen molar-refractivity contribution in [3.8, 4) is 11.5 Å². The third-order valence-electron chi connectivity index (χ3n) is 5.13. The number of anilines is 1. The van der Waals surface area contributed by atoms with Crippen molar-refractivity contribution >= 4 is 21.6 Å². The van der Waals surface area contributed by atoms with Gasteiger partial charge in [0.1, 0.15) is 11.5 Å². The maximum absolute atomic E-state index is 13.1. The van der Waals surface area contributed by atoms with Gasteiger partial charge >= 0.3 is 0 Å². The Bertz CT molecular complexity index is 1200. The quantitative estimate of drug-likeness (QED) is 0.556. The third-order valence-corrected chi connectivity index (χ3v) is 6.91. The zero-order chi connectivity index (χ0) is 23.3. The number of nitrogens with zero attached hydrogens (tertiary/aromatic N) is 1. The largest absolute Gasteiger partial charge is 0.497 e. The number of nitrogens with one attached hydrogen (secondary N) is 1. The van der Waals surface area contributed by atoms with E-state index in [9.17, 15) is 13.2 Å². The van der Waals surface area contributed by atoms with Crippen LogP contribution in [0.1, 0.15) is 28.9 Å². The van der Waals surface area contributed by atoms with E-state index in [-0.39, 0.29) is 10.5 Å². The van der Waals surface area contributed by atoms with Crippen molar-refractivity contribution in [2.45, 2.75) is 17.9 Å². The molecule has 0 aliphatic heterocycles. The summed E-state index contributed by atoms with van der Waals surface area (Å²) in [6.07, 6.45) is 0. The molecule has 32 heavy (non-hydrogen) atoms. The highest BCUT2D eigenvalue weighted by Gasteiger charge is 2.23. The summed E-state index contributed by atoms with van der Waals surface area (Å²) >= 11 is 0. The Morgan fingerprint density at radius 1 is 0.938 bits per heavy atom. The minimum Gasteiger partial charge on any atom is -0.497 e. The lowest BCUT2D eigenvalue weighted by Crippen LogP contribution is -2.28. The van der Waals surface area contributed by atoms with Crippen molar-refractivity contribution in [1.82, 2.24) is 5.32 Å². The summed E-state index contributed by atoms with van der Waals surface area (Å²) in [7, 11) is 0.765. The smallest absolute Gasteiger partial charge is 0.264 e. The molecule has 0 heterocycles. The van der Waals surface area contributed by atoms with Gasteiger partial charge in [0, 0.05) is 18.2 Å². The highest BCUT2D eigenvalue weighted by atomic mass is 32.2. The number of amides is 1. The Kier molecular flexibility index (Phi) is 7.05. The number of para-hydroxylation sites is 1. The van der Waals surface area contributed by atoms with Crippen LogP contribution in [0.25, 0.3) is 0 Å². The van der Waals surface area contributed by atoms with E-state index in [0.29, 0.717) is 17.2 Å². The van der Waals surface area contributed by atoms with E-state index in [0.717, 1.165) is 5.56 Å². The first-order valence-electron chi connectivity index (χ1n) is 9.94. The second-order valence-corrected chi connectivity index (χ2v) is 9.11. The zero-order valence-corrected chi connectivity index (χ0v) is 19.2. The summed E-state index contributed by atoms with van der Waals surface area (Å²) < 4.78 is 38.0. The predicted octanol–water partition coefficient (Wildman–Crippen LogP) is 4.02. The number of benzene rings is 3. The van der Waals surface area contributed by atoms with Crippen LogP contribution in [-0.4, -0.2) is 35.6 Å². The maximum atomic E-state index is 13.1. The minimum absolute atomic E-state index is 0.0307. The number of methoxy groups -OCH3 is 2. The summed E-state index contributed by atoms with van der Waals surface area (Å²) in [5.41, 5.74) is 1.51. The Balaban J connectivity index is 1.84. The lowest BCUT2D eigenvalue weighted by atomic mass is 10.1. The Labute approximate surface area is 188 Å². The van der Waals surface area contributed by atoms with Gasteiger partial charge in [-0.05, 0) is 55.5 Å². The highest BCUT2D eigenvalue weighted by molar-refractivity contribution is 7.92. The van der Waals surface area contributed by atoms with Gasteiger partial charge in [-0.2, -0.15) is 0 Å². The van der Waals surface area contributed by atoms with Crippen LogP contribution in [0.4, 0.5) is 5.69 Å². The summed E-state index contributed by atoms with van der Waals surface area (Å²) in [5, 5.41) is 2.90. The van der Waals surface area contributed by atoms with Gasteiger partial charge in [0.25, 0.3) is 15.9 Å². The van der Waals surface area contributed by atoms with Crippen molar-refractivity contribution in [2.24, 2.45) is 0 Å². The molecule has 1 atom stereocenters. The number of sulfonamides is 1. The van der Waals surface area contributed by atoms with Gasteiger partial charge in [0.15, 0.2) is 0 Å². The van der Waals surface area contributed by atoms with E-state index < -0.39 is 22.0 Å². The molecule has 1 N–H and O–H groups in total. The molecule has 0 radical (unpaired) electrons. The average Bonchev–Trinajstić information content (AvgIpc) is 2.83. The summed E-state index contributed by atoms with van der Waals surface area (Å²) in [5.74, 6) is 0.847. The number of hydrogen-bond donors (Lipinski definition) is 1. The van der Waals surface area contributed by atoms with Crippen molar-refractivity contribution in [3.63, 3.8) is 0 Å². The first-order valence-corrected chi connectivity index (χ1v) is 11.4. The fraction of sp³-hybridized carbons (Fsp3) is 0.208. The molecule has 3 aromatic carbocycles. The van der Waals surface area contributed by atoms with E-state index in [1.54, 1.807) is 68.8 Å². The molecule has 0 saturated heterocycles. The Hall–Kier alpha value is -3.52. The molecule has 0 bridgehead atoms. The predicted molar refractivity (Wildman–Crippen MR) is 124 cm³/mol. The van der Waals surface area contributed by atoms with Crippen LogP contribution in [0.3, 0.4) is 0 Å². The molecule has 0 saturated carbocycles. The second-order valence-electron chi connectivity index (χ2n) is 7.14. The minimum atomic E-state index is -3.83. The maximum Gasteiger partial charge on any atom is 0.264 e. The third kappa shape index (κ3) is 4.86. The first-order chi connectivity index (χ1) is 15.3. The van der Waals surface area contributed by atoms with E-state index in [1.807, 2.05) is 13.0 Å². The molecular weight excluding hydrogens is 428 g/mol. The van der Waals surface area contributed by atoms with Crippen LogP contribution in [0.2, 0.25) is 0 Å². The molecule has 8 heteroatoms. The van der Waals surface area contributed by atoms with E-state index in [1.165, 1.54) is 23.5 Å².